The van der Waals surface area contributed by atoms with Gasteiger partial charge in [0.2, 0.25) is 0 Å². The highest BCUT2D eigenvalue weighted by Gasteiger charge is 2.31. The number of nitrogens with two attached hydrogens (primary N) is 1. The molecule has 3 unspecified atom stereocenters. The van der Waals surface area contributed by atoms with Crippen molar-refractivity contribution >= 4 is 23.5 Å². The van der Waals surface area contributed by atoms with Gasteiger partial charge in [0.25, 0.3) is 0 Å². The van der Waals surface area contributed by atoms with Crippen LogP contribution in [0, 0.1) is 0 Å². The van der Waals surface area contributed by atoms with Gasteiger partial charge in [-0.25, -0.2) is 0 Å². The lowest BCUT2D eigenvalue weighted by Crippen LogP contribution is -2.48. The van der Waals surface area contributed by atoms with E-state index in [1.165, 1.54) is 75.7 Å². The van der Waals surface area contributed by atoms with Crippen molar-refractivity contribution in [3.63, 3.8) is 0 Å². The Labute approximate surface area is 141 Å². The lowest BCUT2D eigenvalue weighted by molar-refractivity contribution is 0.439. The molecule has 3 atom stereocenters. The largest absolute Gasteiger partial charge is 0.271 e. The number of hydrogen-bond acceptors (Lipinski definition) is 4. The summed E-state index contributed by atoms with van der Waals surface area (Å²) >= 11 is 4.30. The summed E-state index contributed by atoms with van der Waals surface area (Å²) in [7, 11) is 0. The number of hydrazine groups is 1. The second-order valence-electron chi connectivity index (χ2n) is 6.19. The monoisotopic (exact) mass is 332 g/mol. The number of unbranched alkanes of at least 4 members (excludes halogenated alkanes) is 7. The van der Waals surface area contributed by atoms with Crippen LogP contribution in [0.5, 0.6) is 0 Å². The molecule has 1 aliphatic rings. The molecule has 0 radical (unpaired) electrons. The lowest BCUT2D eigenvalue weighted by atomic mass is 10.0. The fourth-order valence-electron chi connectivity index (χ4n) is 3.15. The Balaban J connectivity index is 2.12. The second kappa shape index (κ2) is 13.1. The quantitative estimate of drug-likeness (QED) is 0.300. The Kier molecular flexibility index (Phi) is 12.3. The van der Waals surface area contributed by atoms with Crippen LogP contribution in [0.2, 0.25) is 0 Å². The van der Waals surface area contributed by atoms with Gasteiger partial charge in [0.05, 0.1) is 0 Å². The molecule has 1 fully saturated rings. The van der Waals surface area contributed by atoms with Crippen LogP contribution in [0.25, 0.3) is 0 Å². The van der Waals surface area contributed by atoms with Crippen LogP contribution in [0.1, 0.15) is 78.1 Å². The maximum absolute atomic E-state index is 5.84. The number of hydrogen-bond donors (Lipinski definition) is 2. The summed E-state index contributed by atoms with van der Waals surface area (Å²) in [6, 6.07) is 0.507. The van der Waals surface area contributed by atoms with Gasteiger partial charge >= 0.3 is 0 Å². The van der Waals surface area contributed by atoms with Crippen molar-refractivity contribution in [3.8, 4) is 0 Å². The molecule has 1 saturated heterocycles. The van der Waals surface area contributed by atoms with Crippen LogP contribution in [0.3, 0.4) is 0 Å². The van der Waals surface area contributed by atoms with Crippen molar-refractivity contribution in [1.29, 1.82) is 0 Å². The molecule has 0 aromatic rings. The van der Waals surface area contributed by atoms with E-state index in [9.17, 15) is 0 Å². The van der Waals surface area contributed by atoms with E-state index in [1.54, 1.807) is 0 Å². The molecule has 21 heavy (non-hydrogen) atoms. The second-order valence-corrected chi connectivity index (χ2v) is 8.82. The zero-order valence-electron chi connectivity index (χ0n) is 14.1. The number of nitrogens with one attached hydrogen (secondary N) is 1. The number of thioether (sulfide) groups is 2. The standard InChI is InChI=1S/C17H36N2S2/c1-3-5-6-7-8-9-10-11-12-15(19-18)17-16(4-2)20-13-14-21-17/h15-17,19H,3-14,18H2,1-2H3. The van der Waals surface area contributed by atoms with E-state index < -0.39 is 0 Å². The van der Waals surface area contributed by atoms with Crippen LogP contribution in [-0.4, -0.2) is 28.0 Å². The van der Waals surface area contributed by atoms with Gasteiger partial charge in [-0.15, -0.1) is 0 Å². The minimum absolute atomic E-state index is 0.507. The Bertz CT molecular complexity index is 239. The zero-order valence-corrected chi connectivity index (χ0v) is 15.7. The van der Waals surface area contributed by atoms with Crippen molar-refractivity contribution in [1.82, 2.24) is 5.43 Å². The summed E-state index contributed by atoms with van der Waals surface area (Å²) < 4.78 is 0. The molecule has 3 N–H and O–H groups in total. The Morgan fingerprint density at radius 1 is 0.952 bits per heavy atom. The van der Waals surface area contributed by atoms with Crippen molar-refractivity contribution in [2.75, 3.05) is 11.5 Å². The molecular formula is C17H36N2S2. The fraction of sp³-hybridized carbons (Fsp3) is 1.00. The first kappa shape index (κ1) is 19.7. The third-order valence-electron chi connectivity index (χ3n) is 4.47. The topological polar surface area (TPSA) is 38.0 Å². The van der Waals surface area contributed by atoms with Crippen LogP contribution >= 0.6 is 23.5 Å². The van der Waals surface area contributed by atoms with Crippen LogP contribution in [0.4, 0.5) is 0 Å². The van der Waals surface area contributed by atoms with Crippen molar-refractivity contribution < 1.29 is 0 Å². The fourth-order valence-corrected chi connectivity index (χ4v) is 6.44. The highest BCUT2D eigenvalue weighted by Crippen LogP contribution is 2.36. The van der Waals surface area contributed by atoms with E-state index in [4.69, 9.17) is 5.84 Å². The molecule has 4 heteroatoms. The molecule has 0 bridgehead atoms. The van der Waals surface area contributed by atoms with E-state index in [0.29, 0.717) is 11.3 Å². The predicted molar refractivity (Wildman–Crippen MR) is 101 cm³/mol. The van der Waals surface area contributed by atoms with Gasteiger partial charge in [0, 0.05) is 28.0 Å². The Morgan fingerprint density at radius 2 is 1.57 bits per heavy atom. The summed E-state index contributed by atoms with van der Waals surface area (Å²) in [5.74, 6) is 8.45. The molecule has 1 rings (SSSR count). The highest BCUT2D eigenvalue weighted by molar-refractivity contribution is 8.07. The van der Waals surface area contributed by atoms with E-state index in [0.717, 1.165) is 5.25 Å². The SMILES string of the molecule is CCCCCCCCCCC(NN)C1SCCSC1CC. The molecule has 0 aromatic carbocycles. The average molecular weight is 333 g/mol. The average Bonchev–Trinajstić information content (AvgIpc) is 2.53. The molecule has 0 saturated carbocycles. The summed E-state index contributed by atoms with van der Waals surface area (Å²) in [5.41, 5.74) is 3.12. The maximum Gasteiger partial charge on any atom is 0.0340 e. The van der Waals surface area contributed by atoms with E-state index >= 15 is 0 Å². The van der Waals surface area contributed by atoms with Gasteiger partial charge in [0.15, 0.2) is 0 Å². The van der Waals surface area contributed by atoms with E-state index in [-0.39, 0.29) is 0 Å². The van der Waals surface area contributed by atoms with Crippen LogP contribution in [-0.2, 0) is 0 Å². The minimum Gasteiger partial charge on any atom is -0.271 e. The smallest absolute Gasteiger partial charge is 0.0340 e. The highest BCUT2D eigenvalue weighted by atomic mass is 32.2. The molecule has 2 nitrogen and oxygen atoms in total. The minimum atomic E-state index is 0.507. The van der Waals surface area contributed by atoms with Gasteiger partial charge in [-0.1, -0.05) is 65.2 Å². The molecule has 0 amide bonds. The third kappa shape index (κ3) is 8.15. The molecule has 0 spiro atoms. The van der Waals surface area contributed by atoms with Gasteiger partial charge in [-0.05, 0) is 12.8 Å². The predicted octanol–water partition coefficient (Wildman–Crippen LogP) is 4.98. The lowest BCUT2D eigenvalue weighted by Gasteiger charge is -2.35. The first-order valence-corrected chi connectivity index (χ1v) is 11.1. The van der Waals surface area contributed by atoms with E-state index in [2.05, 4.69) is 42.8 Å². The first-order chi connectivity index (χ1) is 10.3. The van der Waals surface area contributed by atoms with E-state index in [1.807, 2.05) is 0 Å². The molecule has 126 valence electrons. The summed E-state index contributed by atoms with van der Waals surface area (Å²) in [6.07, 6.45) is 13.7. The number of rotatable bonds is 12. The molecule has 1 aliphatic heterocycles. The molecule has 0 aromatic heterocycles. The van der Waals surface area contributed by atoms with Crippen LogP contribution in [0.15, 0.2) is 0 Å². The summed E-state index contributed by atoms with van der Waals surface area (Å²) in [6.45, 7) is 4.60. The van der Waals surface area contributed by atoms with Gasteiger partial charge in [-0.2, -0.15) is 23.5 Å². The Morgan fingerprint density at radius 3 is 2.19 bits per heavy atom. The molecule has 1 heterocycles. The van der Waals surface area contributed by atoms with Crippen molar-refractivity contribution in [2.24, 2.45) is 5.84 Å². The van der Waals surface area contributed by atoms with Crippen LogP contribution < -0.4 is 11.3 Å². The van der Waals surface area contributed by atoms with Gasteiger partial charge in [0.1, 0.15) is 0 Å². The summed E-state index contributed by atoms with van der Waals surface area (Å²) in [4.78, 5) is 0. The molecular weight excluding hydrogens is 296 g/mol. The zero-order chi connectivity index (χ0) is 15.3. The summed E-state index contributed by atoms with van der Waals surface area (Å²) in [5, 5.41) is 1.50. The third-order valence-corrected chi connectivity index (χ3v) is 7.88. The normalized spacial score (nSPS) is 24.1. The maximum atomic E-state index is 5.84. The Hall–Kier alpha value is 0.620. The van der Waals surface area contributed by atoms with Crippen molar-refractivity contribution in [3.05, 3.63) is 0 Å². The first-order valence-electron chi connectivity index (χ1n) is 9.02. The van der Waals surface area contributed by atoms with Gasteiger partial charge in [-0.3, -0.25) is 11.3 Å². The molecule has 0 aliphatic carbocycles. The van der Waals surface area contributed by atoms with Gasteiger partial charge < -0.3 is 0 Å². The van der Waals surface area contributed by atoms with Crippen molar-refractivity contribution in [2.45, 2.75) is 94.6 Å².